The summed E-state index contributed by atoms with van der Waals surface area (Å²) < 4.78 is 0. The smallest absolute Gasteiger partial charge is 0.328 e. The van der Waals surface area contributed by atoms with Crippen molar-refractivity contribution in [2.75, 3.05) is 31.1 Å². The Balaban J connectivity index is 1.50. The molecule has 0 bridgehead atoms. The summed E-state index contributed by atoms with van der Waals surface area (Å²) in [5.41, 5.74) is 8.89. The number of piperidine rings is 2. The molecule has 2 saturated heterocycles. The summed E-state index contributed by atoms with van der Waals surface area (Å²) in [7, 11) is 0. The summed E-state index contributed by atoms with van der Waals surface area (Å²) in [5, 5.41) is 8.82. The summed E-state index contributed by atoms with van der Waals surface area (Å²) in [6, 6.07) is 8.32. The molecule has 1 aromatic carbocycles. The number of nitrogens with two attached hydrogens (primary N) is 1. The molecular weight excluding hydrogens is 330 g/mol. The highest BCUT2D eigenvalue weighted by Gasteiger charge is 2.30. The van der Waals surface area contributed by atoms with Crippen molar-refractivity contribution in [2.45, 2.75) is 32.2 Å². The lowest BCUT2D eigenvalue weighted by molar-refractivity contribution is -0.136. The van der Waals surface area contributed by atoms with Gasteiger partial charge in [0.2, 0.25) is 5.91 Å². The third-order valence-electron chi connectivity index (χ3n) is 5.43. The van der Waals surface area contributed by atoms with Crippen LogP contribution < -0.4 is 10.6 Å². The molecule has 0 aromatic heterocycles. The number of anilines is 1. The lowest BCUT2D eigenvalue weighted by Crippen LogP contribution is -2.44. The van der Waals surface area contributed by atoms with Crippen LogP contribution in [-0.4, -0.2) is 48.1 Å². The molecule has 2 aliphatic heterocycles. The SMILES string of the molecule is NCc1ccc(N2CCC(C(=O)N3CCC(=CC(=O)O)CC3)CC2)cc1. The van der Waals surface area contributed by atoms with Crippen LogP contribution in [0.4, 0.5) is 5.69 Å². The molecule has 2 heterocycles. The van der Waals surface area contributed by atoms with E-state index in [1.54, 1.807) is 0 Å². The predicted molar refractivity (Wildman–Crippen MR) is 101 cm³/mol. The second kappa shape index (κ2) is 8.36. The largest absolute Gasteiger partial charge is 0.478 e. The molecule has 6 nitrogen and oxygen atoms in total. The predicted octanol–water partition coefficient (Wildman–Crippen LogP) is 2.00. The Labute approximate surface area is 154 Å². The number of likely N-dealkylation sites (tertiary alicyclic amines) is 1. The molecular formula is C20H27N3O3. The lowest BCUT2D eigenvalue weighted by Gasteiger charge is -2.37. The van der Waals surface area contributed by atoms with Crippen molar-refractivity contribution in [1.82, 2.24) is 4.90 Å². The van der Waals surface area contributed by atoms with Crippen LogP contribution in [0.2, 0.25) is 0 Å². The van der Waals surface area contributed by atoms with Gasteiger partial charge in [-0.2, -0.15) is 0 Å². The number of aliphatic carboxylic acids is 1. The van der Waals surface area contributed by atoms with Crippen LogP contribution in [0, 0.1) is 5.92 Å². The molecule has 3 N–H and O–H groups in total. The van der Waals surface area contributed by atoms with Crippen molar-refractivity contribution >= 4 is 17.6 Å². The number of carbonyl (C=O) groups is 2. The fraction of sp³-hybridized carbons (Fsp3) is 0.500. The summed E-state index contributed by atoms with van der Waals surface area (Å²) in [4.78, 5) is 27.8. The average molecular weight is 357 g/mol. The van der Waals surface area contributed by atoms with E-state index in [1.807, 2.05) is 4.90 Å². The molecule has 140 valence electrons. The summed E-state index contributed by atoms with van der Waals surface area (Å²) in [5.74, 6) is -0.580. The molecule has 3 rings (SSSR count). The Morgan fingerprint density at radius 3 is 2.23 bits per heavy atom. The quantitative estimate of drug-likeness (QED) is 0.805. The zero-order valence-electron chi connectivity index (χ0n) is 15.1. The van der Waals surface area contributed by atoms with Crippen LogP contribution in [0.25, 0.3) is 0 Å². The molecule has 1 aromatic rings. The van der Waals surface area contributed by atoms with Gasteiger partial charge in [-0.25, -0.2) is 4.79 Å². The number of hydrogen-bond acceptors (Lipinski definition) is 4. The molecule has 2 aliphatic rings. The standard InChI is InChI=1S/C20H27N3O3/c21-14-16-1-3-18(4-2-16)22-11-7-17(8-12-22)20(26)23-9-5-15(6-10-23)13-19(24)25/h1-4,13,17H,5-12,14,21H2,(H,24,25). The van der Waals surface area contributed by atoms with Crippen LogP contribution in [0.3, 0.4) is 0 Å². The average Bonchev–Trinajstić information content (AvgIpc) is 2.68. The van der Waals surface area contributed by atoms with E-state index in [2.05, 4.69) is 29.2 Å². The van der Waals surface area contributed by atoms with Crippen LogP contribution in [0.15, 0.2) is 35.9 Å². The minimum Gasteiger partial charge on any atom is -0.478 e. The monoisotopic (exact) mass is 357 g/mol. The number of carbonyl (C=O) groups excluding carboxylic acids is 1. The van der Waals surface area contributed by atoms with Crippen molar-refractivity contribution in [3.63, 3.8) is 0 Å². The number of amides is 1. The van der Waals surface area contributed by atoms with E-state index in [9.17, 15) is 9.59 Å². The topological polar surface area (TPSA) is 86.9 Å². The first-order valence-electron chi connectivity index (χ1n) is 9.32. The van der Waals surface area contributed by atoms with Gasteiger partial charge in [0.1, 0.15) is 0 Å². The van der Waals surface area contributed by atoms with Gasteiger partial charge in [-0.3, -0.25) is 4.79 Å². The fourth-order valence-corrected chi connectivity index (χ4v) is 3.82. The molecule has 0 spiro atoms. The van der Waals surface area contributed by atoms with E-state index in [0.29, 0.717) is 32.5 Å². The highest BCUT2D eigenvalue weighted by molar-refractivity contribution is 5.81. The summed E-state index contributed by atoms with van der Waals surface area (Å²) in [6.45, 7) is 3.60. The maximum absolute atomic E-state index is 12.8. The Bertz CT molecular complexity index is 666. The molecule has 0 radical (unpaired) electrons. The number of benzene rings is 1. The fourth-order valence-electron chi connectivity index (χ4n) is 3.82. The molecule has 2 fully saturated rings. The molecule has 26 heavy (non-hydrogen) atoms. The molecule has 6 heteroatoms. The third-order valence-corrected chi connectivity index (χ3v) is 5.43. The second-order valence-electron chi connectivity index (χ2n) is 7.10. The number of rotatable bonds is 4. The maximum atomic E-state index is 12.8. The van der Waals surface area contributed by atoms with E-state index < -0.39 is 5.97 Å². The van der Waals surface area contributed by atoms with E-state index in [1.165, 1.54) is 11.8 Å². The van der Waals surface area contributed by atoms with Crippen molar-refractivity contribution < 1.29 is 14.7 Å². The van der Waals surface area contributed by atoms with Crippen LogP contribution >= 0.6 is 0 Å². The molecule has 1 amide bonds. The van der Waals surface area contributed by atoms with Gasteiger partial charge >= 0.3 is 5.97 Å². The number of carboxylic acids is 1. The summed E-state index contributed by atoms with van der Waals surface area (Å²) in [6.07, 6.45) is 4.36. The van der Waals surface area contributed by atoms with Crippen molar-refractivity contribution in [2.24, 2.45) is 11.7 Å². The van der Waals surface area contributed by atoms with Crippen molar-refractivity contribution in [3.8, 4) is 0 Å². The van der Waals surface area contributed by atoms with E-state index in [4.69, 9.17) is 10.8 Å². The molecule has 0 saturated carbocycles. The highest BCUT2D eigenvalue weighted by atomic mass is 16.4. The first kappa shape index (κ1) is 18.5. The van der Waals surface area contributed by atoms with Gasteiger partial charge in [-0.1, -0.05) is 17.7 Å². The highest BCUT2D eigenvalue weighted by Crippen LogP contribution is 2.26. The first-order valence-corrected chi connectivity index (χ1v) is 9.32. The zero-order valence-corrected chi connectivity index (χ0v) is 15.1. The van der Waals surface area contributed by atoms with Crippen molar-refractivity contribution in [1.29, 1.82) is 0 Å². The van der Waals surface area contributed by atoms with Crippen molar-refractivity contribution in [3.05, 3.63) is 41.5 Å². The van der Waals surface area contributed by atoms with Crippen LogP contribution in [-0.2, 0) is 16.1 Å². The molecule has 0 atom stereocenters. The van der Waals surface area contributed by atoms with Gasteiger partial charge in [-0.15, -0.1) is 0 Å². The van der Waals surface area contributed by atoms with Gasteiger partial charge < -0.3 is 20.6 Å². The van der Waals surface area contributed by atoms with Crippen LogP contribution in [0.1, 0.15) is 31.2 Å². The minimum absolute atomic E-state index is 0.0829. The Morgan fingerprint density at radius 1 is 1.08 bits per heavy atom. The molecule has 0 unspecified atom stereocenters. The zero-order chi connectivity index (χ0) is 18.5. The Morgan fingerprint density at radius 2 is 1.69 bits per heavy atom. The second-order valence-corrected chi connectivity index (χ2v) is 7.10. The Hall–Kier alpha value is -2.34. The lowest BCUT2D eigenvalue weighted by atomic mass is 9.93. The van der Waals surface area contributed by atoms with E-state index >= 15 is 0 Å². The molecule has 0 aliphatic carbocycles. The van der Waals surface area contributed by atoms with Gasteiger partial charge in [0.05, 0.1) is 0 Å². The van der Waals surface area contributed by atoms with Gasteiger partial charge in [0.15, 0.2) is 0 Å². The number of nitrogens with zero attached hydrogens (tertiary/aromatic N) is 2. The summed E-state index contributed by atoms with van der Waals surface area (Å²) >= 11 is 0. The Kier molecular flexibility index (Phi) is 5.93. The van der Waals surface area contributed by atoms with Crippen LogP contribution in [0.5, 0.6) is 0 Å². The normalized spacial score (nSPS) is 18.7. The minimum atomic E-state index is -0.897. The van der Waals surface area contributed by atoms with Gasteiger partial charge in [-0.05, 0) is 43.4 Å². The first-order chi connectivity index (χ1) is 12.6. The van der Waals surface area contributed by atoms with E-state index in [0.717, 1.165) is 37.1 Å². The number of carboxylic acid groups (broad SMARTS) is 1. The van der Waals surface area contributed by atoms with Gasteiger partial charge in [0, 0.05) is 50.4 Å². The number of hydrogen-bond donors (Lipinski definition) is 2. The third kappa shape index (κ3) is 4.43. The maximum Gasteiger partial charge on any atom is 0.328 e. The van der Waals surface area contributed by atoms with Gasteiger partial charge in [0.25, 0.3) is 0 Å². The van der Waals surface area contributed by atoms with E-state index in [-0.39, 0.29) is 11.8 Å².